The Hall–Kier alpha value is 0.00156. The van der Waals surface area contributed by atoms with E-state index in [4.69, 9.17) is 10.5 Å². The Morgan fingerprint density at radius 3 is 2.75 bits per heavy atom. The van der Waals surface area contributed by atoms with Gasteiger partial charge in [-0.15, -0.1) is 5.70 Å². The van der Waals surface area contributed by atoms with Gasteiger partial charge in [0, 0.05) is 49.6 Å². The van der Waals surface area contributed by atoms with Gasteiger partial charge in [-0.1, -0.05) is 24.3 Å². The van der Waals surface area contributed by atoms with Crippen molar-refractivity contribution in [3.05, 3.63) is 41.6 Å². The molecule has 1 aliphatic rings. The summed E-state index contributed by atoms with van der Waals surface area (Å²) in [6.45, 7) is 0.524. The summed E-state index contributed by atoms with van der Waals surface area (Å²) in [7, 11) is 0. The molecule has 2 nitrogen and oxygen atoms in total. The molecular weight excluding hydrogens is 365 g/mol. The second-order valence-corrected chi connectivity index (χ2v) is 2.42. The van der Waals surface area contributed by atoms with Crippen LogP contribution < -0.4 is 4.74 Å². The molecule has 1 radical (unpaired) electrons. The molecule has 3 heteroatoms. The molecule has 59 valence electrons. The van der Waals surface area contributed by atoms with Gasteiger partial charge in [-0.05, 0) is 6.07 Å². The van der Waals surface area contributed by atoms with E-state index in [9.17, 15) is 0 Å². The van der Waals surface area contributed by atoms with E-state index in [-0.39, 0.29) is 44.1 Å². The predicted molar refractivity (Wildman–Crippen MR) is 44.2 cm³/mol. The van der Waals surface area contributed by atoms with Gasteiger partial charge < -0.3 is 10.5 Å². The van der Waals surface area contributed by atoms with E-state index >= 15 is 0 Å². The molecule has 0 spiro atoms. The molecule has 0 saturated carbocycles. The average molecular weight is 373 g/mol. The summed E-state index contributed by atoms with van der Waals surface area (Å²) in [5.74, 6) is 0.819. The minimum atomic E-state index is 0. The molecule has 0 bridgehead atoms. The van der Waals surface area contributed by atoms with E-state index in [1.165, 1.54) is 0 Å². The smallest absolute Gasteiger partial charge is 0.125 e. The van der Waals surface area contributed by atoms with Gasteiger partial charge in [0.2, 0.25) is 0 Å². The van der Waals surface area contributed by atoms with E-state index in [2.05, 4.69) is 0 Å². The number of hydrogen-bond acceptors (Lipinski definition) is 1. The third-order valence-corrected chi connectivity index (χ3v) is 1.70. The van der Waals surface area contributed by atoms with Gasteiger partial charge in [0.05, 0.1) is 0 Å². The zero-order chi connectivity index (χ0) is 7.68. The predicted octanol–water partition coefficient (Wildman–Crippen LogP) is 2.47. The monoisotopic (exact) mass is 373 g/mol. The number of ether oxygens (including phenoxy) is 1. The molecule has 1 heterocycles. The molecule has 0 saturated heterocycles. The summed E-state index contributed by atoms with van der Waals surface area (Å²) in [4.78, 5) is 0. The Labute approximate surface area is 107 Å². The van der Waals surface area contributed by atoms with Crippen LogP contribution in [0.1, 0.15) is 5.56 Å². The maximum Gasteiger partial charge on any atom is 0.125 e. The molecule has 0 amide bonds. The van der Waals surface area contributed by atoms with E-state index in [1.807, 2.05) is 24.3 Å². The summed E-state index contributed by atoms with van der Waals surface area (Å²) < 4.78 is 5.30. The minimum absolute atomic E-state index is 0. The summed E-state index contributed by atoms with van der Waals surface area (Å²) >= 11 is 0. The fraction of sp³-hybridized carbons (Fsp3) is 0.111. The summed E-state index contributed by atoms with van der Waals surface area (Å²) in [6, 6.07) is 7.61. The van der Waals surface area contributed by atoms with Crippen LogP contribution in [0.2, 0.25) is 0 Å². The van der Waals surface area contributed by atoms with Crippen molar-refractivity contribution in [3.8, 4) is 5.75 Å². The van der Waals surface area contributed by atoms with Crippen LogP contribution in [0.4, 0.5) is 0 Å². The first-order valence-corrected chi connectivity index (χ1v) is 3.52. The molecule has 12 heavy (non-hydrogen) atoms. The normalized spacial score (nSPS) is 13.5. The van der Waals surface area contributed by atoms with E-state index in [0.717, 1.165) is 11.3 Å². The third-order valence-electron chi connectivity index (χ3n) is 1.70. The van der Waals surface area contributed by atoms with Gasteiger partial charge in [-0.3, -0.25) is 0 Å². The van der Waals surface area contributed by atoms with Crippen LogP contribution in [0.3, 0.4) is 0 Å². The van der Waals surface area contributed by atoms with Crippen LogP contribution in [-0.4, -0.2) is 6.61 Å². The Balaban J connectivity index is 0.000000720. The van der Waals surface area contributed by atoms with Crippen molar-refractivity contribution in [2.45, 2.75) is 0 Å². The van der Waals surface area contributed by atoms with Gasteiger partial charge >= 0.3 is 0 Å². The van der Waals surface area contributed by atoms with Crippen molar-refractivity contribution in [2.75, 3.05) is 6.61 Å². The summed E-state index contributed by atoms with van der Waals surface area (Å²) in [6.07, 6.45) is 1.77. The van der Waals surface area contributed by atoms with Crippen molar-refractivity contribution >= 4 is 5.70 Å². The maximum absolute atomic E-state index is 7.53. The van der Waals surface area contributed by atoms with Crippen LogP contribution in [0.5, 0.6) is 5.75 Å². The van der Waals surface area contributed by atoms with Crippen LogP contribution in [0.25, 0.3) is 11.4 Å². The summed E-state index contributed by atoms with van der Waals surface area (Å²) in [5.41, 5.74) is 8.98. The quantitative estimate of drug-likeness (QED) is 0.688. The first-order chi connectivity index (χ1) is 5.38. The zero-order valence-corrected chi connectivity index (χ0v) is 11.3. The molecule has 2 rings (SSSR count). The molecule has 0 atom stereocenters. The second kappa shape index (κ2) is 4.30. The standard InChI is InChI=1S/C9H8NO.Ac/c10-8-5-6-11-9-4-2-1-3-7(8)9;/h1-5,10H,6H2;/q-1;. The van der Waals surface area contributed by atoms with Crippen LogP contribution in [0, 0.1) is 44.1 Å². The number of benzene rings is 1. The first-order valence-electron chi connectivity index (χ1n) is 3.52. The Kier molecular flexibility index (Phi) is 3.61. The molecule has 0 unspecified atom stereocenters. The molecule has 1 N–H and O–H groups in total. The topological polar surface area (TPSA) is 33.0 Å². The number of hydrogen-bond donors (Lipinski definition) is 0. The molecule has 1 aliphatic heterocycles. The van der Waals surface area contributed by atoms with Gasteiger partial charge in [-0.25, -0.2) is 0 Å². The Morgan fingerprint density at radius 2 is 2.00 bits per heavy atom. The molecule has 1 aromatic rings. The van der Waals surface area contributed by atoms with Crippen molar-refractivity contribution in [1.29, 1.82) is 0 Å². The Morgan fingerprint density at radius 1 is 1.25 bits per heavy atom. The van der Waals surface area contributed by atoms with Crippen molar-refractivity contribution in [3.63, 3.8) is 0 Å². The Bertz CT molecular complexity index is 309. The van der Waals surface area contributed by atoms with E-state index < -0.39 is 0 Å². The minimum Gasteiger partial charge on any atom is -0.698 e. The SMILES string of the molecule is [Ac].[NH-]C1=CCOc2ccccc21. The van der Waals surface area contributed by atoms with Crippen LogP contribution in [0.15, 0.2) is 30.3 Å². The zero-order valence-electron chi connectivity index (χ0n) is 6.58. The van der Waals surface area contributed by atoms with Crippen molar-refractivity contribution < 1.29 is 48.8 Å². The average Bonchev–Trinajstić information content (AvgIpc) is 2.06. The van der Waals surface area contributed by atoms with Crippen LogP contribution >= 0.6 is 0 Å². The number of nitrogens with one attached hydrogen (secondary N) is 1. The fourth-order valence-corrected chi connectivity index (χ4v) is 1.14. The molecular formula is C9H8AcNO-. The van der Waals surface area contributed by atoms with E-state index in [1.54, 1.807) is 6.08 Å². The summed E-state index contributed by atoms with van der Waals surface area (Å²) in [5, 5.41) is 0. The molecule has 0 aliphatic carbocycles. The van der Waals surface area contributed by atoms with Crippen LogP contribution in [-0.2, 0) is 0 Å². The fourth-order valence-electron chi connectivity index (χ4n) is 1.14. The largest absolute Gasteiger partial charge is 0.698 e. The maximum atomic E-state index is 7.53. The van der Waals surface area contributed by atoms with Crippen molar-refractivity contribution in [2.24, 2.45) is 0 Å². The van der Waals surface area contributed by atoms with Crippen molar-refractivity contribution in [1.82, 2.24) is 0 Å². The molecule has 1 aromatic carbocycles. The third kappa shape index (κ3) is 1.84. The van der Waals surface area contributed by atoms with E-state index in [0.29, 0.717) is 12.3 Å². The number of fused-ring (bicyclic) bond motifs is 1. The first kappa shape index (κ1) is 10.1. The number of rotatable bonds is 0. The molecule has 0 fully saturated rings. The van der Waals surface area contributed by atoms with Gasteiger partial charge in [0.15, 0.2) is 0 Å². The van der Waals surface area contributed by atoms with Gasteiger partial charge in [0.25, 0.3) is 0 Å². The number of para-hydroxylation sites is 1. The second-order valence-electron chi connectivity index (χ2n) is 2.42. The van der Waals surface area contributed by atoms with Gasteiger partial charge in [-0.2, -0.15) is 0 Å². The molecule has 0 aromatic heterocycles. The van der Waals surface area contributed by atoms with Gasteiger partial charge in [0.1, 0.15) is 12.4 Å².